The molecule has 0 aliphatic rings. The summed E-state index contributed by atoms with van der Waals surface area (Å²) >= 11 is 11.7. The first-order chi connectivity index (χ1) is 8.47. The van der Waals surface area contributed by atoms with Gasteiger partial charge in [-0.3, -0.25) is 0 Å². The number of ether oxygens (including phenoxy) is 1. The van der Waals surface area contributed by atoms with Gasteiger partial charge in [0, 0.05) is 6.07 Å². The number of methoxy groups -OCH3 is 1. The van der Waals surface area contributed by atoms with Gasteiger partial charge in [-0.05, 0) is 13.0 Å². The van der Waals surface area contributed by atoms with Gasteiger partial charge in [0.2, 0.25) is 0 Å². The zero-order valence-electron chi connectivity index (χ0n) is 9.96. The fraction of sp³-hybridized carbons (Fsp3) is 0.364. The van der Waals surface area contributed by atoms with Gasteiger partial charge in [-0.2, -0.15) is 0 Å². The van der Waals surface area contributed by atoms with E-state index in [0.717, 1.165) is 0 Å². The standard InChI is InChI=1S/C11H14Cl2N2O3/c1-6(5-16)14-11(17)15-9-3-7(12)8(13)4-10(9)18-2/h3-4,6,16H,5H2,1-2H3,(H2,14,15,17)/t6-/m0/s1. The van der Waals surface area contributed by atoms with Gasteiger partial charge < -0.3 is 20.5 Å². The van der Waals surface area contributed by atoms with Crippen LogP contribution in [0.25, 0.3) is 0 Å². The smallest absolute Gasteiger partial charge is 0.319 e. The molecule has 7 heteroatoms. The number of aliphatic hydroxyl groups is 1. The first kappa shape index (κ1) is 14.9. The van der Waals surface area contributed by atoms with Crippen LogP contribution < -0.4 is 15.4 Å². The van der Waals surface area contributed by atoms with Crippen molar-refractivity contribution in [1.82, 2.24) is 5.32 Å². The lowest BCUT2D eigenvalue weighted by Gasteiger charge is -2.14. The van der Waals surface area contributed by atoms with Crippen molar-refractivity contribution in [3.63, 3.8) is 0 Å². The number of anilines is 1. The highest BCUT2D eigenvalue weighted by Crippen LogP contribution is 2.33. The SMILES string of the molecule is COc1cc(Cl)c(Cl)cc1NC(=O)N[C@@H](C)CO. The summed E-state index contributed by atoms with van der Waals surface area (Å²) in [5.74, 6) is 0.399. The Morgan fingerprint density at radius 2 is 2.06 bits per heavy atom. The fourth-order valence-electron chi connectivity index (χ4n) is 1.22. The number of rotatable bonds is 4. The predicted octanol–water partition coefficient (Wildman–Crippen LogP) is 2.50. The third-order valence-electron chi connectivity index (χ3n) is 2.14. The molecule has 0 heterocycles. The summed E-state index contributed by atoms with van der Waals surface area (Å²) in [4.78, 5) is 11.6. The van der Waals surface area contributed by atoms with Crippen LogP contribution in [0, 0.1) is 0 Å². The molecule has 1 atom stereocenters. The third kappa shape index (κ3) is 3.94. The van der Waals surface area contributed by atoms with Crippen LogP contribution in [0.15, 0.2) is 12.1 Å². The summed E-state index contributed by atoms with van der Waals surface area (Å²) < 4.78 is 5.08. The minimum Gasteiger partial charge on any atom is -0.495 e. The van der Waals surface area contributed by atoms with Gasteiger partial charge in [0.25, 0.3) is 0 Å². The summed E-state index contributed by atoms with van der Waals surface area (Å²) in [6, 6.07) is 2.19. The van der Waals surface area contributed by atoms with Crippen molar-refractivity contribution in [1.29, 1.82) is 0 Å². The van der Waals surface area contributed by atoms with E-state index >= 15 is 0 Å². The van der Waals surface area contributed by atoms with Crippen LogP contribution in [0.1, 0.15) is 6.92 Å². The molecule has 1 aromatic rings. The Bertz CT molecular complexity index is 441. The maximum absolute atomic E-state index is 11.6. The van der Waals surface area contributed by atoms with E-state index in [4.69, 9.17) is 33.0 Å². The van der Waals surface area contributed by atoms with Crippen molar-refractivity contribution in [2.75, 3.05) is 19.0 Å². The highest BCUT2D eigenvalue weighted by Gasteiger charge is 2.12. The molecule has 0 aliphatic heterocycles. The lowest BCUT2D eigenvalue weighted by atomic mass is 10.3. The first-order valence-electron chi connectivity index (χ1n) is 5.19. The van der Waals surface area contributed by atoms with Crippen LogP contribution >= 0.6 is 23.2 Å². The summed E-state index contributed by atoms with van der Waals surface area (Å²) in [6.45, 7) is 1.53. The average molecular weight is 293 g/mol. The number of amides is 2. The van der Waals surface area contributed by atoms with Crippen LogP contribution in [0.4, 0.5) is 10.5 Å². The quantitative estimate of drug-likeness (QED) is 0.798. The molecule has 0 saturated carbocycles. The van der Waals surface area contributed by atoms with Gasteiger partial charge in [-0.15, -0.1) is 0 Å². The number of benzene rings is 1. The second-order valence-electron chi connectivity index (χ2n) is 3.65. The molecule has 100 valence electrons. The summed E-state index contributed by atoms with van der Waals surface area (Å²) in [6.07, 6.45) is 0. The van der Waals surface area contributed by atoms with Crippen LogP contribution in [0.2, 0.25) is 10.0 Å². The van der Waals surface area contributed by atoms with Crippen molar-refractivity contribution in [3.05, 3.63) is 22.2 Å². The van der Waals surface area contributed by atoms with Crippen molar-refractivity contribution in [3.8, 4) is 5.75 Å². The Morgan fingerprint density at radius 1 is 1.44 bits per heavy atom. The number of halogens is 2. The largest absolute Gasteiger partial charge is 0.495 e. The second kappa shape index (κ2) is 6.68. The van der Waals surface area contributed by atoms with E-state index in [9.17, 15) is 4.79 Å². The third-order valence-corrected chi connectivity index (χ3v) is 2.86. The minimum absolute atomic E-state index is 0.147. The number of hydrogen-bond acceptors (Lipinski definition) is 3. The Kier molecular flexibility index (Phi) is 5.53. The van der Waals surface area contributed by atoms with Crippen LogP contribution in [-0.4, -0.2) is 30.9 Å². The van der Waals surface area contributed by atoms with Gasteiger partial charge in [-0.1, -0.05) is 23.2 Å². The van der Waals surface area contributed by atoms with Crippen molar-refractivity contribution in [2.24, 2.45) is 0 Å². The van der Waals surface area contributed by atoms with Crippen molar-refractivity contribution < 1.29 is 14.6 Å². The number of aliphatic hydroxyl groups excluding tert-OH is 1. The molecular formula is C11H14Cl2N2O3. The number of hydrogen-bond donors (Lipinski definition) is 3. The van der Waals surface area contributed by atoms with E-state index in [0.29, 0.717) is 21.5 Å². The molecule has 2 amide bonds. The van der Waals surface area contributed by atoms with Crippen LogP contribution in [0.5, 0.6) is 5.75 Å². The molecule has 0 fully saturated rings. The number of nitrogens with one attached hydrogen (secondary N) is 2. The average Bonchev–Trinajstić information content (AvgIpc) is 2.33. The summed E-state index contributed by atoms with van der Waals surface area (Å²) in [5, 5.41) is 14.6. The Labute approximate surface area is 115 Å². The normalized spacial score (nSPS) is 11.8. The van der Waals surface area contributed by atoms with Gasteiger partial charge in [0.05, 0.1) is 35.5 Å². The van der Waals surface area contributed by atoms with E-state index in [-0.39, 0.29) is 12.6 Å². The Balaban J connectivity index is 2.83. The lowest BCUT2D eigenvalue weighted by Crippen LogP contribution is -2.38. The zero-order chi connectivity index (χ0) is 13.7. The molecule has 0 radical (unpaired) electrons. The maximum Gasteiger partial charge on any atom is 0.319 e. The van der Waals surface area contributed by atoms with Gasteiger partial charge in [0.15, 0.2) is 0 Å². The molecule has 5 nitrogen and oxygen atoms in total. The molecule has 1 aromatic carbocycles. The summed E-state index contributed by atoms with van der Waals surface area (Å²) in [7, 11) is 1.46. The molecular weight excluding hydrogens is 279 g/mol. The molecule has 0 aromatic heterocycles. The number of carbonyl (C=O) groups is 1. The van der Waals surface area contributed by atoms with E-state index in [1.54, 1.807) is 6.92 Å². The highest BCUT2D eigenvalue weighted by atomic mass is 35.5. The predicted molar refractivity (Wildman–Crippen MR) is 71.7 cm³/mol. The van der Waals surface area contributed by atoms with Crippen molar-refractivity contribution >= 4 is 34.9 Å². The molecule has 0 spiro atoms. The number of carbonyl (C=O) groups excluding carboxylic acids is 1. The fourth-order valence-corrected chi connectivity index (χ4v) is 1.54. The molecule has 18 heavy (non-hydrogen) atoms. The van der Waals surface area contributed by atoms with E-state index in [1.165, 1.54) is 19.2 Å². The molecule has 0 unspecified atom stereocenters. The maximum atomic E-state index is 11.6. The summed E-state index contributed by atoms with van der Waals surface area (Å²) in [5.41, 5.74) is 0.398. The Morgan fingerprint density at radius 3 is 2.61 bits per heavy atom. The number of urea groups is 1. The molecule has 0 bridgehead atoms. The zero-order valence-corrected chi connectivity index (χ0v) is 11.5. The first-order valence-corrected chi connectivity index (χ1v) is 5.95. The molecule has 3 N–H and O–H groups in total. The van der Waals surface area contributed by atoms with Gasteiger partial charge >= 0.3 is 6.03 Å². The van der Waals surface area contributed by atoms with E-state index in [2.05, 4.69) is 10.6 Å². The van der Waals surface area contributed by atoms with Crippen LogP contribution in [-0.2, 0) is 0 Å². The molecule has 1 rings (SSSR count). The van der Waals surface area contributed by atoms with Crippen molar-refractivity contribution in [2.45, 2.75) is 13.0 Å². The second-order valence-corrected chi connectivity index (χ2v) is 4.46. The minimum atomic E-state index is -0.465. The molecule has 0 saturated heterocycles. The monoisotopic (exact) mass is 292 g/mol. The van der Waals surface area contributed by atoms with E-state index in [1.807, 2.05) is 0 Å². The topological polar surface area (TPSA) is 70.6 Å². The Hall–Kier alpha value is -1.17. The molecule has 0 aliphatic carbocycles. The highest BCUT2D eigenvalue weighted by molar-refractivity contribution is 6.42. The van der Waals surface area contributed by atoms with E-state index < -0.39 is 6.03 Å². The van der Waals surface area contributed by atoms with Crippen LogP contribution in [0.3, 0.4) is 0 Å². The van der Waals surface area contributed by atoms with Gasteiger partial charge in [0.1, 0.15) is 5.75 Å². The lowest BCUT2D eigenvalue weighted by molar-refractivity contribution is 0.229. The van der Waals surface area contributed by atoms with Gasteiger partial charge in [-0.25, -0.2) is 4.79 Å².